The van der Waals surface area contributed by atoms with Crippen LogP contribution in [0.15, 0.2) is 29.1 Å². The molecule has 0 saturated carbocycles. The zero-order valence-corrected chi connectivity index (χ0v) is 13.9. The topological polar surface area (TPSA) is 98.9 Å². The van der Waals surface area contributed by atoms with Gasteiger partial charge in [-0.2, -0.15) is 0 Å². The number of aromatic nitrogens is 2. The van der Waals surface area contributed by atoms with E-state index in [4.69, 9.17) is 0 Å². The molecule has 7 heteroatoms. The van der Waals surface area contributed by atoms with Crippen molar-refractivity contribution in [2.24, 2.45) is 5.92 Å². The van der Waals surface area contributed by atoms with E-state index < -0.39 is 0 Å². The minimum atomic E-state index is -0.229. The first-order valence-electron chi connectivity index (χ1n) is 8.30. The quantitative estimate of drug-likeness (QED) is 0.639. The van der Waals surface area contributed by atoms with Crippen LogP contribution < -0.4 is 21.7 Å². The minimum absolute atomic E-state index is 0.0596. The summed E-state index contributed by atoms with van der Waals surface area (Å²) in [5.41, 5.74) is 7.95. The van der Waals surface area contributed by atoms with Crippen LogP contribution in [0.4, 0.5) is 0 Å². The highest BCUT2D eigenvalue weighted by atomic mass is 16.1. The average molecular weight is 329 g/mol. The second kappa shape index (κ2) is 7.11. The lowest BCUT2D eigenvalue weighted by Crippen LogP contribution is -2.37. The summed E-state index contributed by atoms with van der Waals surface area (Å²) in [5.74, 6) is 0.284. The van der Waals surface area contributed by atoms with E-state index >= 15 is 0 Å². The van der Waals surface area contributed by atoms with Crippen molar-refractivity contribution in [2.75, 3.05) is 6.54 Å². The number of carbonyl (C=O) groups excluding carboxylic acids is 1. The number of nitrogens with one attached hydrogen (secondary N) is 4. The Labute approximate surface area is 140 Å². The first-order valence-corrected chi connectivity index (χ1v) is 8.30. The third kappa shape index (κ3) is 3.63. The largest absolute Gasteiger partial charge is 0.356 e. The van der Waals surface area contributed by atoms with E-state index in [0.29, 0.717) is 42.2 Å². The Morgan fingerprint density at radius 1 is 1.21 bits per heavy atom. The van der Waals surface area contributed by atoms with Gasteiger partial charge >= 0.3 is 0 Å². The van der Waals surface area contributed by atoms with Crippen LogP contribution in [0.1, 0.15) is 26.0 Å². The second-order valence-electron chi connectivity index (χ2n) is 6.36. The lowest BCUT2D eigenvalue weighted by Gasteiger charge is -2.18. The SMILES string of the molecule is CC1NNC(C)C1CNC(=O)CCc1nc2ccccc2[nH]c1=O. The summed E-state index contributed by atoms with van der Waals surface area (Å²) >= 11 is 0. The summed E-state index contributed by atoms with van der Waals surface area (Å²) in [6, 6.07) is 8.00. The number of hydrogen-bond donors (Lipinski definition) is 4. The predicted molar refractivity (Wildman–Crippen MR) is 92.4 cm³/mol. The Morgan fingerprint density at radius 3 is 2.67 bits per heavy atom. The summed E-state index contributed by atoms with van der Waals surface area (Å²) in [5, 5.41) is 2.95. The van der Waals surface area contributed by atoms with Gasteiger partial charge < -0.3 is 10.3 Å². The molecule has 3 rings (SSSR count). The molecule has 1 fully saturated rings. The van der Waals surface area contributed by atoms with E-state index in [2.05, 4.69) is 40.0 Å². The molecule has 0 bridgehead atoms. The van der Waals surface area contributed by atoms with Gasteiger partial charge in [-0.05, 0) is 26.0 Å². The molecule has 0 spiro atoms. The normalized spacial score (nSPS) is 23.5. The van der Waals surface area contributed by atoms with E-state index in [9.17, 15) is 9.59 Å². The van der Waals surface area contributed by atoms with Gasteiger partial charge in [0.05, 0.1) is 11.0 Å². The number of carbonyl (C=O) groups is 1. The summed E-state index contributed by atoms with van der Waals surface area (Å²) in [6.07, 6.45) is 0.586. The fraction of sp³-hybridized carbons (Fsp3) is 0.471. The number of H-pyrrole nitrogens is 1. The zero-order valence-electron chi connectivity index (χ0n) is 13.9. The highest BCUT2D eigenvalue weighted by Gasteiger charge is 2.29. The maximum atomic E-state index is 12.1. The van der Waals surface area contributed by atoms with Crippen molar-refractivity contribution >= 4 is 16.9 Å². The first kappa shape index (κ1) is 16.6. The molecule has 4 N–H and O–H groups in total. The Morgan fingerprint density at radius 2 is 1.92 bits per heavy atom. The number of rotatable bonds is 5. The smallest absolute Gasteiger partial charge is 0.270 e. The molecule has 7 nitrogen and oxygen atoms in total. The van der Waals surface area contributed by atoms with E-state index in [1.54, 1.807) is 0 Å². The van der Waals surface area contributed by atoms with Crippen molar-refractivity contribution in [1.29, 1.82) is 0 Å². The van der Waals surface area contributed by atoms with Crippen molar-refractivity contribution in [1.82, 2.24) is 26.1 Å². The molecule has 1 aromatic carbocycles. The Bertz CT molecular complexity index is 778. The third-order valence-corrected chi connectivity index (χ3v) is 4.62. The standard InChI is InChI=1S/C17H23N5O2/c1-10-12(11(2)22-21-10)9-18-16(23)8-7-15-17(24)20-14-6-4-3-5-13(14)19-15/h3-6,10-12,21-22H,7-9H2,1-2H3,(H,18,23)(H,20,24). The molecule has 1 aromatic heterocycles. The van der Waals surface area contributed by atoms with Crippen LogP contribution in [0.5, 0.6) is 0 Å². The average Bonchev–Trinajstić information content (AvgIpc) is 2.89. The van der Waals surface area contributed by atoms with Crippen molar-refractivity contribution in [3.8, 4) is 0 Å². The molecule has 1 aliphatic heterocycles. The summed E-state index contributed by atoms with van der Waals surface area (Å²) in [6.45, 7) is 4.79. The number of nitrogens with zero attached hydrogens (tertiary/aromatic N) is 1. The molecule has 2 atom stereocenters. The molecule has 0 radical (unpaired) electrons. The van der Waals surface area contributed by atoms with Crippen molar-refractivity contribution in [3.05, 3.63) is 40.3 Å². The highest BCUT2D eigenvalue weighted by molar-refractivity contribution is 5.76. The fourth-order valence-electron chi connectivity index (χ4n) is 3.05. The lowest BCUT2D eigenvalue weighted by molar-refractivity contribution is -0.121. The van der Waals surface area contributed by atoms with Crippen LogP contribution in [-0.4, -0.2) is 34.5 Å². The highest BCUT2D eigenvalue weighted by Crippen LogP contribution is 2.13. The second-order valence-corrected chi connectivity index (χ2v) is 6.36. The third-order valence-electron chi connectivity index (χ3n) is 4.62. The van der Waals surface area contributed by atoms with E-state index in [-0.39, 0.29) is 17.9 Å². The summed E-state index contributed by atoms with van der Waals surface area (Å²) in [7, 11) is 0. The lowest BCUT2D eigenvalue weighted by atomic mass is 9.97. The van der Waals surface area contributed by atoms with Crippen molar-refractivity contribution in [3.63, 3.8) is 0 Å². The molecule has 2 heterocycles. The monoisotopic (exact) mass is 329 g/mol. The van der Waals surface area contributed by atoms with E-state index in [1.165, 1.54) is 0 Å². The molecular weight excluding hydrogens is 306 g/mol. The van der Waals surface area contributed by atoms with Gasteiger partial charge in [-0.25, -0.2) is 4.98 Å². The van der Waals surface area contributed by atoms with Gasteiger partial charge in [0.25, 0.3) is 5.56 Å². The maximum absolute atomic E-state index is 12.1. The van der Waals surface area contributed by atoms with Crippen molar-refractivity contribution < 1.29 is 4.79 Å². The maximum Gasteiger partial charge on any atom is 0.270 e. The van der Waals surface area contributed by atoms with Gasteiger partial charge in [0, 0.05) is 37.4 Å². The number of hydrogen-bond acceptors (Lipinski definition) is 5. The van der Waals surface area contributed by atoms with Crippen LogP contribution >= 0.6 is 0 Å². The van der Waals surface area contributed by atoms with Crippen LogP contribution in [0.2, 0.25) is 0 Å². The minimum Gasteiger partial charge on any atom is -0.356 e. The molecule has 24 heavy (non-hydrogen) atoms. The Balaban J connectivity index is 1.56. The van der Waals surface area contributed by atoms with Gasteiger partial charge in [-0.3, -0.25) is 20.4 Å². The first-order chi connectivity index (χ1) is 11.5. The number of aromatic amines is 1. The summed E-state index contributed by atoms with van der Waals surface area (Å²) < 4.78 is 0. The molecule has 2 aromatic rings. The number of amides is 1. The van der Waals surface area contributed by atoms with Crippen LogP contribution in [0.3, 0.4) is 0 Å². The van der Waals surface area contributed by atoms with Crippen LogP contribution in [-0.2, 0) is 11.2 Å². The summed E-state index contributed by atoms with van der Waals surface area (Å²) in [4.78, 5) is 31.3. The zero-order chi connectivity index (χ0) is 17.1. The number of fused-ring (bicyclic) bond motifs is 1. The van der Waals surface area contributed by atoms with E-state index in [1.807, 2.05) is 24.3 Å². The molecule has 1 saturated heterocycles. The van der Waals surface area contributed by atoms with Gasteiger partial charge in [0.15, 0.2) is 0 Å². The molecule has 128 valence electrons. The molecule has 2 unspecified atom stereocenters. The Kier molecular flexibility index (Phi) is 4.92. The number of hydrazine groups is 1. The molecular formula is C17H23N5O2. The number of benzene rings is 1. The number of para-hydroxylation sites is 2. The van der Waals surface area contributed by atoms with Gasteiger partial charge in [0.1, 0.15) is 5.69 Å². The van der Waals surface area contributed by atoms with E-state index in [0.717, 1.165) is 5.52 Å². The van der Waals surface area contributed by atoms with Gasteiger partial charge in [0.2, 0.25) is 5.91 Å². The predicted octanol–water partition coefficient (Wildman–Crippen LogP) is 0.473. The Hall–Kier alpha value is -2.25. The van der Waals surface area contributed by atoms with Crippen LogP contribution in [0, 0.1) is 5.92 Å². The van der Waals surface area contributed by atoms with Gasteiger partial charge in [-0.1, -0.05) is 12.1 Å². The van der Waals surface area contributed by atoms with Crippen molar-refractivity contribution in [2.45, 2.75) is 38.8 Å². The molecule has 1 aliphatic rings. The molecule has 0 aliphatic carbocycles. The van der Waals surface area contributed by atoms with Gasteiger partial charge in [-0.15, -0.1) is 0 Å². The number of aryl methyl sites for hydroxylation is 1. The fourth-order valence-corrected chi connectivity index (χ4v) is 3.05. The van der Waals surface area contributed by atoms with Crippen LogP contribution in [0.25, 0.3) is 11.0 Å². The molecule has 1 amide bonds.